The van der Waals surface area contributed by atoms with Gasteiger partial charge in [-0.1, -0.05) is 18.2 Å². The third-order valence-electron chi connectivity index (χ3n) is 1.62. The van der Waals surface area contributed by atoms with Crippen LogP contribution in [0.5, 0.6) is 0 Å². The summed E-state index contributed by atoms with van der Waals surface area (Å²) < 4.78 is 3.97. The van der Waals surface area contributed by atoms with Crippen molar-refractivity contribution in [3.63, 3.8) is 0 Å². The van der Waals surface area contributed by atoms with Gasteiger partial charge in [0.15, 0.2) is 6.10 Å². The normalized spacial score (nSPS) is 9.18. The van der Waals surface area contributed by atoms with Crippen LogP contribution in [-0.4, -0.2) is 40.8 Å². The molecule has 0 atom stereocenters. The first-order chi connectivity index (χ1) is 8.13. The molecular formula is C10H16N2O5. The maximum atomic E-state index is 9.68. The number of anilines is 1. The molecule has 0 heterocycles. The fourth-order valence-electron chi connectivity index (χ4n) is 0.809. The molecule has 1 rings (SSSR count). The monoisotopic (exact) mass is 244 g/mol. The van der Waals surface area contributed by atoms with E-state index in [0.29, 0.717) is 0 Å². The van der Waals surface area contributed by atoms with Crippen molar-refractivity contribution in [1.82, 2.24) is 0 Å². The average molecular weight is 244 g/mol. The van der Waals surface area contributed by atoms with Crippen LogP contribution in [0.1, 0.15) is 0 Å². The van der Waals surface area contributed by atoms with Crippen LogP contribution in [0, 0.1) is 0 Å². The Morgan fingerprint density at radius 2 is 1.82 bits per heavy atom. The fourth-order valence-corrected chi connectivity index (χ4v) is 0.809. The number of nitrogens with one attached hydrogen (secondary N) is 1. The predicted octanol–water partition coefficient (Wildman–Crippen LogP) is 0.00640. The highest BCUT2D eigenvalue weighted by Crippen LogP contribution is 2.00. The Labute approximate surface area is 98.4 Å². The number of nitrogen functional groups attached to an aromatic ring is 1. The summed E-state index contributed by atoms with van der Waals surface area (Å²) in [5, 5.41) is 24.4. The van der Waals surface area contributed by atoms with Gasteiger partial charge in [0.05, 0.1) is 13.2 Å². The van der Waals surface area contributed by atoms with Gasteiger partial charge in [0.1, 0.15) is 0 Å². The lowest BCUT2D eigenvalue weighted by Gasteiger charge is -2.07. The molecule has 7 heteroatoms. The molecule has 0 radical (unpaired) electrons. The predicted molar refractivity (Wildman–Crippen MR) is 61.3 cm³/mol. The Kier molecular flexibility index (Phi) is 8.39. The second-order valence-electron chi connectivity index (χ2n) is 2.88. The van der Waals surface area contributed by atoms with Crippen molar-refractivity contribution >= 4 is 11.8 Å². The van der Waals surface area contributed by atoms with E-state index in [-0.39, 0.29) is 0 Å². The zero-order chi connectivity index (χ0) is 13.1. The van der Waals surface area contributed by atoms with Gasteiger partial charge in [-0.2, -0.15) is 0 Å². The maximum Gasteiger partial charge on any atom is 0.506 e. The Balaban J connectivity index is 0.000000302. The van der Waals surface area contributed by atoms with Crippen LogP contribution in [0.3, 0.4) is 0 Å². The molecule has 0 aliphatic rings. The van der Waals surface area contributed by atoms with Crippen LogP contribution < -0.4 is 11.3 Å². The lowest BCUT2D eigenvalue weighted by molar-refractivity contribution is -0.00279. The van der Waals surface area contributed by atoms with Crippen molar-refractivity contribution in [2.75, 3.05) is 18.6 Å². The summed E-state index contributed by atoms with van der Waals surface area (Å²) in [6.07, 6.45) is -2.51. The number of nitrogens with two attached hydrogens (primary N) is 1. The lowest BCUT2D eigenvalue weighted by atomic mass is 10.3. The summed E-state index contributed by atoms with van der Waals surface area (Å²) in [7, 11) is 0. The van der Waals surface area contributed by atoms with Gasteiger partial charge in [0.2, 0.25) is 0 Å². The summed E-state index contributed by atoms with van der Waals surface area (Å²) in [4.78, 5) is 9.68. The first-order valence-electron chi connectivity index (χ1n) is 4.77. The van der Waals surface area contributed by atoms with Gasteiger partial charge < -0.3 is 25.5 Å². The van der Waals surface area contributed by atoms with Gasteiger partial charge in [-0.05, 0) is 12.1 Å². The van der Waals surface area contributed by atoms with Gasteiger partial charge in [0, 0.05) is 5.69 Å². The van der Waals surface area contributed by atoms with Gasteiger partial charge in [-0.15, -0.1) is 0 Å². The molecule has 0 amide bonds. The van der Waals surface area contributed by atoms with Crippen LogP contribution in [0.25, 0.3) is 0 Å². The Morgan fingerprint density at radius 3 is 2.06 bits per heavy atom. The fraction of sp³-hybridized carbons (Fsp3) is 0.300. The van der Waals surface area contributed by atoms with Gasteiger partial charge in [-0.25, -0.2) is 4.79 Å². The number of benzene rings is 1. The van der Waals surface area contributed by atoms with Crippen molar-refractivity contribution in [1.29, 1.82) is 0 Å². The van der Waals surface area contributed by atoms with E-state index >= 15 is 0 Å². The number of hydrazine groups is 1. The smallest absolute Gasteiger partial charge is 0.450 e. The van der Waals surface area contributed by atoms with Gasteiger partial charge >= 0.3 is 6.16 Å². The van der Waals surface area contributed by atoms with Crippen LogP contribution in [0.2, 0.25) is 0 Å². The third-order valence-corrected chi connectivity index (χ3v) is 1.62. The Morgan fingerprint density at radius 1 is 1.29 bits per heavy atom. The van der Waals surface area contributed by atoms with Gasteiger partial charge in [-0.3, -0.25) is 5.84 Å². The molecule has 0 aromatic heterocycles. The minimum atomic E-state index is -1.50. The molecule has 0 aliphatic heterocycles. The molecule has 17 heavy (non-hydrogen) atoms. The first kappa shape index (κ1) is 15.2. The molecular weight excluding hydrogens is 228 g/mol. The minimum Gasteiger partial charge on any atom is -0.450 e. The third kappa shape index (κ3) is 8.03. The average Bonchev–Trinajstić information content (AvgIpc) is 2.37. The van der Waals surface area contributed by atoms with Gasteiger partial charge in [0.25, 0.3) is 0 Å². The van der Waals surface area contributed by atoms with E-state index in [0.717, 1.165) is 5.69 Å². The second-order valence-corrected chi connectivity index (χ2v) is 2.88. The molecule has 7 nitrogen and oxygen atoms in total. The van der Waals surface area contributed by atoms with E-state index in [2.05, 4.69) is 10.2 Å². The molecule has 0 aliphatic carbocycles. The number of hydrogen-bond donors (Lipinski definition) is 5. The Hall–Kier alpha value is -1.83. The molecule has 0 saturated heterocycles. The summed E-state index contributed by atoms with van der Waals surface area (Å²) >= 11 is 0. The molecule has 0 saturated carbocycles. The summed E-state index contributed by atoms with van der Waals surface area (Å²) in [5.74, 6) is 5.10. The molecule has 1 aromatic rings. The molecule has 0 fully saturated rings. The topological polar surface area (TPSA) is 125 Å². The lowest BCUT2D eigenvalue weighted by Crippen LogP contribution is -2.24. The molecule has 96 valence electrons. The van der Waals surface area contributed by atoms with E-state index in [4.69, 9.17) is 21.2 Å². The number of carboxylic acid groups (broad SMARTS) is 1. The van der Waals surface area contributed by atoms with Crippen LogP contribution in [-0.2, 0) is 4.74 Å². The van der Waals surface area contributed by atoms with Crippen molar-refractivity contribution < 1.29 is 24.9 Å². The first-order valence-corrected chi connectivity index (χ1v) is 4.77. The Bertz CT molecular complexity index is 303. The van der Waals surface area contributed by atoms with Crippen molar-refractivity contribution in [3.05, 3.63) is 30.3 Å². The van der Waals surface area contributed by atoms with E-state index in [1.165, 1.54) is 0 Å². The SMILES string of the molecule is NNc1ccccc1.O=C(O)OC(CO)CO. The zero-order valence-corrected chi connectivity index (χ0v) is 9.11. The van der Waals surface area contributed by atoms with Crippen molar-refractivity contribution in [2.45, 2.75) is 6.10 Å². The summed E-state index contributed by atoms with van der Waals surface area (Å²) in [5.41, 5.74) is 3.46. The highest BCUT2D eigenvalue weighted by molar-refractivity contribution is 5.57. The minimum absolute atomic E-state index is 0.497. The highest BCUT2D eigenvalue weighted by atomic mass is 16.7. The molecule has 6 N–H and O–H groups in total. The molecule has 0 spiro atoms. The summed E-state index contributed by atoms with van der Waals surface area (Å²) in [6, 6.07) is 9.60. The molecule has 1 aromatic carbocycles. The summed E-state index contributed by atoms with van der Waals surface area (Å²) in [6.45, 7) is -0.994. The number of aliphatic hydroxyl groups excluding tert-OH is 2. The number of rotatable bonds is 4. The van der Waals surface area contributed by atoms with Crippen molar-refractivity contribution in [2.24, 2.45) is 5.84 Å². The zero-order valence-electron chi connectivity index (χ0n) is 9.11. The van der Waals surface area contributed by atoms with E-state index in [1.54, 1.807) is 0 Å². The second kappa shape index (κ2) is 9.40. The number of carbonyl (C=O) groups is 1. The van der Waals surface area contributed by atoms with E-state index < -0.39 is 25.5 Å². The largest absolute Gasteiger partial charge is 0.506 e. The van der Waals surface area contributed by atoms with Crippen LogP contribution in [0.15, 0.2) is 30.3 Å². The van der Waals surface area contributed by atoms with Crippen molar-refractivity contribution in [3.8, 4) is 0 Å². The van der Waals surface area contributed by atoms with Crippen LogP contribution in [0.4, 0.5) is 10.5 Å². The molecule has 0 bridgehead atoms. The highest BCUT2D eigenvalue weighted by Gasteiger charge is 2.09. The standard InChI is InChI=1S/C6H8N2.C4H8O5/c7-8-6-4-2-1-3-5-6;5-1-3(2-6)9-4(7)8/h1-5,8H,7H2;3,5-6H,1-2H2,(H,7,8). The number of ether oxygens (including phenoxy) is 1. The maximum absolute atomic E-state index is 9.68. The number of para-hydroxylation sites is 1. The van der Waals surface area contributed by atoms with E-state index in [1.807, 2.05) is 30.3 Å². The van der Waals surface area contributed by atoms with Crippen LogP contribution >= 0.6 is 0 Å². The van der Waals surface area contributed by atoms with E-state index in [9.17, 15) is 4.79 Å². The number of aliphatic hydroxyl groups is 2. The molecule has 0 unspecified atom stereocenters. The number of hydrogen-bond acceptors (Lipinski definition) is 6. The quantitative estimate of drug-likeness (QED) is 0.287.